The first kappa shape index (κ1) is 19.5. The summed E-state index contributed by atoms with van der Waals surface area (Å²) in [7, 11) is 0. The Morgan fingerprint density at radius 3 is 2.79 bits per heavy atom. The molecule has 4 nitrogen and oxygen atoms in total. The Balaban J connectivity index is 1.39. The highest BCUT2D eigenvalue weighted by Crippen LogP contribution is 2.29. The van der Waals surface area contributed by atoms with Crippen molar-refractivity contribution >= 4 is 17.2 Å². The molecule has 2 aromatic rings. The molecule has 6 heteroatoms. The molecule has 1 amide bonds. The van der Waals surface area contributed by atoms with Gasteiger partial charge in [-0.2, -0.15) is 0 Å². The number of nitrogens with zero attached hydrogens (tertiary/aromatic N) is 3. The molecule has 28 heavy (non-hydrogen) atoms. The van der Waals surface area contributed by atoms with Gasteiger partial charge in [-0.05, 0) is 62.7 Å². The number of aromatic nitrogens is 1. The van der Waals surface area contributed by atoms with Crippen LogP contribution in [0.1, 0.15) is 42.3 Å². The zero-order valence-electron chi connectivity index (χ0n) is 16.4. The SMILES string of the molecule is CC1CCN(CC2CCCN(C(=O)c3cnc(-c4ccccc4F)s3)C2)CC1. The van der Waals surface area contributed by atoms with Gasteiger partial charge in [0.25, 0.3) is 5.91 Å². The van der Waals surface area contributed by atoms with Gasteiger partial charge >= 0.3 is 0 Å². The molecule has 4 rings (SSSR count). The van der Waals surface area contributed by atoms with Crippen LogP contribution in [-0.4, -0.2) is 53.4 Å². The Morgan fingerprint density at radius 1 is 1.21 bits per heavy atom. The number of amides is 1. The van der Waals surface area contributed by atoms with Crippen LogP contribution in [0.2, 0.25) is 0 Å². The van der Waals surface area contributed by atoms with Gasteiger partial charge in [-0.1, -0.05) is 19.1 Å². The molecule has 150 valence electrons. The number of piperidine rings is 2. The van der Waals surface area contributed by atoms with Gasteiger partial charge in [-0.25, -0.2) is 9.37 Å². The lowest BCUT2D eigenvalue weighted by molar-refractivity contribution is 0.0626. The summed E-state index contributed by atoms with van der Waals surface area (Å²) in [6, 6.07) is 6.58. The highest BCUT2D eigenvalue weighted by Gasteiger charge is 2.28. The Kier molecular flexibility index (Phi) is 6.07. The van der Waals surface area contributed by atoms with Crippen molar-refractivity contribution in [2.75, 3.05) is 32.7 Å². The average molecular weight is 402 g/mol. The summed E-state index contributed by atoms with van der Waals surface area (Å²) >= 11 is 1.29. The van der Waals surface area contributed by atoms with Crippen LogP contribution in [0.25, 0.3) is 10.6 Å². The van der Waals surface area contributed by atoms with Crippen LogP contribution < -0.4 is 0 Å². The van der Waals surface area contributed by atoms with E-state index in [4.69, 9.17) is 0 Å². The molecule has 0 saturated carbocycles. The van der Waals surface area contributed by atoms with E-state index in [0.29, 0.717) is 21.4 Å². The molecule has 2 fully saturated rings. The van der Waals surface area contributed by atoms with Crippen LogP contribution in [0.3, 0.4) is 0 Å². The zero-order chi connectivity index (χ0) is 19.5. The van der Waals surface area contributed by atoms with Crippen LogP contribution in [0.5, 0.6) is 0 Å². The maximum absolute atomic E-state index is 14.0. The molecule has 2 aliphatic rings. The van der Waals surface area contributed by atoms with Crippen molar-refractivity contribution in [3.63, 3.8) is 0 Å². The summed E-state index contributed by atoms with van der Waals surface area (Å²) in [5.41, 5.74) is 0.461. The maximum atomic E-state index is 14.0. The van der Waals surface area contributed by atoms with Gasteiger partial charge in [-0.15, -0.1) is 11.3 Å². The van der Waals surface area contributed by atoms with E-state index >= 15 is 0 Å². The van der Waals surface area contributed by atoms with E-state index in [1.165, 1.54) is 49.8 Å². The van der Waals surface area contributed by atoms with Crippen molar-refractivity contribution in [1.29, 1.82) is 0 Å². The number of thiazole rings is 1. The van der Waals surface area contributed by atoms with Crippen molar-refractivity contribution in [2.45, 2.75) is 32.6 Å². The highest BCUT2D eigenvalue weighted by molar-refractivity contribution is 7.16. The number of carbonyl (C=O) groups excluding carboxylic acids is 1. The Bertz CT molecular complexity index is 816. The molecule has 1 aromatic carbocycles. The third kappa shape index (κ3) is 4.44. The van der Waals surface area contributed by atoms with Crippen LogP contribution >= 0.6 is 11.3 Å². The summed E-state index contributed by atoms with van der Waals surface area (Å²) < 4.78 is 14.0. The van der Waals surface area contributed by atoms with E-state index in [-0.39, 0.29) is 11.7 Å². The second-order valence-electron chi connectivity index (χ2n) is 8.25. The van der Waals surface area contributed by atoms with Gasteiger partial charge in [0.2, 0.25) is 0 Å². The number of carbonyl (C=O) groups is 1. The number of likely N-dealkylation sites (tertiary alicyclic amines) is 2. The fraction of sp³-hybridized carbons (Fsp3) is 0.545. The number of hydrogen-bond acceptors (Lipinski definition) is 4. The molecule has 0 radical (unpaired) electrons. The normalized spacial score (nSPS) is 21.8. The molecule has 2 saturated heterocycles. The summed E-state index contributed by atoms with van der Waals surface area (Å²) in [4.78, 5) is 22.4. The molecular formula is C22H28FN3OS. The number of halogens is 1. The monoisotopic (exact) mass is 401 g/mol. The van der Waals surface area contributed by atoms with E-state index in [1.54, 1.807) is 24.4 Å². The van der Waals surface area contributed by atoms with E-state index in [0.717, 1.165) is 32.0 Å². The molecular weight excluding hydrogens is 373 g/mol. The van der Waals surface area contributed by atoms with Crippen molar-refractivity contribution < 1.29 is 9.18 Å². The van der Waals surface area contributed by atoms with Crippen LogP contribution in [0.15, 0.2) is 30.5 Å². The topological polar surface area (TPSA) is 36.4 Å². The van der Waals surface area contributed by atoms with E-state index in [2.05, 4.69) is 16.8 Å². The van der Waals surface area contributed by atoms with Crippen LogP contribution in [0.4, 0.5) is 4.39 Å². The van der Waals surface area contributed by atoms with Gasteiger partial charge in [0.1, 0.15) is 15.7 Å². The second-order valence-corrected chi connectivity index (χ2v) is 9.28. The van der Waals surface area contributed by atoms with Crippen LogP contribution in [-0.2, 0) is 0 Å². The summed E-state index contributed by atoms with van der Waals surface area (Å²) in [5, 5.41) is 0.567. The quantitative estimate of drug-likeness (QED) is 0.755. The fourth-order valence-electron chi connectivity index (χ4n) is 4.30. The molecule has 1 aromatic heterocycles. The Hall–Kier alpha value is -1.79. The van der Waals surface area contributed by atoms with Crippen molar-refractivity contribution in [1.82, 2.24) is 14.8 Å². The average Bonchev–Trinajstić information content (AvgIpc) is 3.20. The molecule has 0 spiro atoms. The lowest BCUT2D eigenvalue weighted by atomic mass is 9.94. The number of rotatable bonds is 4. The van der Waals surface area contributed by atoms with Gasteiger partial charge in [0.15, 0.2) is 0 Å². The van der Waals surface area contributed by atoms with Gasteiger partial charge in [0.05, 0.1) is 6.20 Å². The molecule has 0 bridgehead atoms. The minimum atomic E-state index is -0.301. The first-order chi connectivity index (χ1) is 13.6. The molecule has 0 aliphatic carbocycles. The lowest BCUT2D eigenvalue weighted by Crippen LogP contribution is -2.45. The maximum Gasteiger partial charge on any atom is 0.265 e. The second kappa shape index (κ2) is 8.70. The number of benzene rings is 1. The minimum Gasteiger partial charge on any atom is -0.338 e. The predicted molar refractivity (Wildman–Crippen MR) is 111 cm³/mol. The largest absolute Gasteiger partial charge is 0.338 e. The molecule has 2 aliphatic heterocycles. The fourth-order valence-corrected chi connectivity index (χ4v) is 5.21. The molecule has 0 N–H and O–H groups in total. The molecule has 1 unspecified atom stereocenters. The Morgan fingerprint density at radius 2 is 2.00 bits per heavy atom. The van der Waals surface area contributed by atoms with E-state index in [9.17, 15) is 9.18 Å². The third-order valence-electron chi connectivity index (χ3n) is 6.02. The highest BCUT2D eigenvalue weighted by atomic mass is 32.1. The predicted octanol–water partition coefficient (Wildman–Crippen LogP) is 4.53. The van der Waals surface area contributed by atoms with Crippen molar-refractivity contribution in [3.05, 3.63) is 41.2 Å². The molecule has 3 heterocycles. The Labute approximate surface area is 170 Å². The van der Waals surface area contributed by atoms with E-state index < -0.39 is 0 Å². The third-order valence-corrected chi connectivity index (χ3v) is 7.04. The lowest BCUT2D eigenvalue weighted by Gasteiger charge is -2.37. The van der Waals surface area contributed by atoms with Gasteiger partial charge < -0.3 is 9.80 Å². The summed E-state index contributed by atoms with van der Waals surface area (Å²) in [6.45, 7) is 7.43. The van der Waals surface area contributed by atoms with Gasteiger partial charge in [0, 0.05) is 25.2 Å². The van der Waals surface area contributed by atoms with Crippen molar-refractivity contribution in [2.24, 2.45) is 11.8 Å². The van der Waals surface area contributed by atoms with Crippen LogP contribution in [0, 0.1) is 17.7 Å². The number of hydrogen-bond donors (Lipinski definition) is 0. The first-order valence-electron chi connectivity index (χ1n) is 10.3. The zero-order valence-corrected chi connectivity index (χ0v) is 17.3. The first-order valence-corrected chi connectivity index (χ1v) is 11.1. The standard InChI is InChI=1S/C22H28FN3OS/c1-16-8-11-25(12-9-16)14-17-5-4-10-26(15-17)22(27)20-13-24-21(28-20)18-6-2-3-7-19(18)23/h2-3,6-7,13,16-17H,4-5,8-12,14-15H2,1H3. The smallest absolute Gasteiger partial charge is 0.265 e. The summed E-state index contributed by atoms with van der Waals surface area (Å²) in [5.74, 6) is 1.13. The summed E-state index contributed by atoms with van der Waals surface area (Å²) in [6.07, 6.45) is 6.42. The van der Waals surface area contributed by atoms with Crippen molar-refractivity contribution in [3.8, 4) is 10.6 Å². The molecule has 1 atom stereocenters. The van der Waals surface area contributed by atoms with Gasteiger partial charge in [-0.3, -0.25) is 4.79 Å². The van der Waals surface area contributed by atoms with E-state index in [1.807, 2.05) is 4.90 Å². The minimum absolute atomic E-state index is 0.0389.